The molecule has 1 aromatic carbocycles. The van der Waals surface area contributed by atoms with Gasteiger partial charge in [-0.15, -0.1) is 0 Å². The summed E-state index contributed by atoms with van der Waals surface area (Å²) >= 11 is 0. The van der Waals surface area contributed by atoms with E-state index in [0.717, 1.165) is 5.96 Å². The molecule has 24 heavy (non-hydrogen) atoms. The van der Waals surface area contributed by atoms with Gasteiger partial charge in [0, 0.05) is 38.1 Å². The first-order chi connectivity index (χ1) is 11.8. The number of guanidine groups is 1. The normalized spacial score (nSPS) is 25.5. The lowest BCUT2D eigenvalue weighted by Gasteiger charge is -2.33. The number of benzene rings is 1. The predicted octanol–water partition coefficient (Wildman–Crippen LogP) is 2.97. The van der Waals surface area contributed by atoms with Crippen molar-refractivity contribution in [1.29, 1.82) is 0 Å². The van der Waals surface area contributed by atoms with Crippen LogP contribution in [0.1, 0.15) is 50.5 Å². The maximum Gasteiger partial charge on any atom is 0.191 e. The highest BCUT2D eigenvalue weighted by Gasteiger charge is 2.39. The van der Waals surface area contributed by atoms with E-state index in [0.29, 0.717) is 18.0 Å². The minimum atomic E-state index is 0.531. The summed E-state index contributed by atoms with van der Waals surface area (Å²) in [5.41, 5.74) is 1.44. The Morgan fingerprint density at radius 1 is 1.17 bits per heavy atom. The fourth-order valence-electron chi connectivity index (χ4n) is 3.65. The SMILES string of the molecule is CCCCN1CCC(NC(=NC)NC2CC2c2ccccc2)CC1. The fourth-order valence-corrected chi connectivity index (χ4v) is 3.65. The van der Waals surface area contributed by atoms with Crippen LogP contribution in [0.15, 0.2) is 35.3 Å². The summed E-state index contributed by atoms with van der Waals surface area (Å²) in [5.74, 6) is 1.62. The lowest BCUT2D eigenvalue weighted by molar-refractivity contribution is 0.203. The number of hydrogen-bond acceptors (Lipinski definition) is 2. The minimum absolute atomic E-state index is 0.531. The van der Waals surface area contributed by atoms with Crippen LogP contribution in [0.25, 0.3) is 0 Å². The van der Waals surface area contributed by atoms with Crippen molar-refractivity contribution in [3.63, 3.8) is 0 Å². The molecule has 2 atom stereocenters. The average Bonchev–Trinajstić information content (AvgIpc) is 3.40. The van der Waals surface area contributed by atoms with Crippen LogP contribution in [0.5, 0.6) is 0 Å². The summed E-state index contributed by atoms with van der Waals surface area (Å²) in [6.45, 7) is 5.96. The third-order valence-corrected chi connectivity index (χ3v) is 5.32. The fraction of sp³-hybridized carbons (Fsp3) is 0.650. The number of unbranched alkanes of at least 4 members (excludes halogenated alkanes) is 1. The van der Waals surface area contributed by atoms with Gasteiger partial charge in [0.1, 0.15) is 0 Å². The van der Waals surface area contributed by atoms with Crippen molar-refractivity contribution >= 4 is 5.96 Å². The highest BCUT2D eigenvalue weighted by Crippen LogP contribution is 2.40. The van der Waals surface area contributed by atoms with Crippen LogP contribution in [0.2, 0.25) is 0 Å². The molecular weight excluding hydrogens is 296 g/mol. The maximum absolute atomic E-state index is 4.44. The number of piperidine rings is 1. The minimum Gasteiger partial charge on any atom is -0.354 e. The van der Waals surface area contributed by atoms with Gasteiger partial charge < -0.3 is 15.5 Å². The standard InChI is InChI=1S/C20H32N4/c1-3-4-12-24-13-10-17(11-14-24)22-20(21-2)23-19-15-18(19)16-8-6-5-7-9-16/h5-9,17-19H,3-4,10-15H2,1-2H3,(H2,21,22,23). The van der Waals surface area contributed by atoms with Gasteiger partial charge in [-0.2, -0.15) is 0 Å². The van der Waals surface area contributed by atoms with Crippen LogP contribution in [0, 0.1) is 0 Å². The number of nitrogens with one attached hydrogen (secondary N) is 2. The molecule has 0 bridgehead atoms. The largest absolute Gasteiger partial charge is 0.354 e. The highest BCUT2D eigenvalue weighted by molar-refractivity contribution is 5.80. The molecule has 0 amide bonds. The molecule has 2 fully saturated rings. The molecule has 0 spiro atoms. The summed E-state index contributed by atoms with van der Waals surface area (Å²) in [4.78, 5) is 7.04. The molecule has 1 heterocycles. The molecule has 0 aromatic heterocycles. The zero-order valence-electron chi connectivity index (χ0n) is 15.2. The Hall–Kier alpha value is -1.55. The summed E-state index contributed by atoms with van der Waals surface area (Å²) < 4.78 is 0. The zero-order valence-corrected chi connectivity index (χ0v) is 15.2. The van der Waals surface area contributed by atoms with Gasteiger partial charge in [0.05, 0.1) is 0 Å². The van der Waals surface area contributed by atoms with Gasteiger partial charge in [-0.3, -0.25) is 4.99 Å². The molecule has 2 N–H and O–H groups in total. The van der Waals surface area contributed by atoms with E-state index in [1.807, 2.05) is 7.05 Å². The van der Waals surface area contributed by atoms with Crippen LogP contribution in [-0.2, 0) is 0 Å². The number of nitrogens with zero attached hydrogens (tertiary/aromatic N) is 2. The van der Waals surface area contributed by atoms with Gasteiger partial charge in [-0.25, -0.2) is 0 Å². The topological polar surface area (TPSA) is 39.7 Å². The number of hydrogen-bond donors (Lipinski definition) is 2. The summed E-state index contributed by atoms with van der Waals surface area (Å²) in [6.07, 6.45) is 6.26. The van der Waals surface area contributed by atoms with Crippen molar-refractivity contribution in [2.45, 2.75) is 57.0 Å². The molecule has 2 unspecified atom stereocenters. The van der Waals surface area contributed by atoms with E-state index in [1.54, 1.807) is 0 Å². The van der Waals surface area contributed by atoms with Crippen molar-refractivity contribution in [3.8, 4) is 0 Å². The Morgan fingerprint density at radius 2 is 1.92 bits per heavy atom. The second kappa shape index (κ2) is 8.52. The van der Waals surface area contributed by atoms with E-state index in [2.05, 4.69) is 57.8 Å². The van der Waals surface area contributed by atoms with Gasteiger partial charge in [0.2, 0.25) is 0 Å². The molecule has 4 heteroatoms. The lowest BCUT2D eigenvalue weighted by Crippen LogP contribution is -2.49. The van der Waals surface area contributed by atoms with Crippen molar-refractivity contribution < 1.29 is 0 Å². The Morgan fingerprint density at radius 3 is 2.58 bits per heavy atom. The molecule has 4 nitrogen and oxygen atoms in total. The molecule has 1 saturated heterocycles. The maximum atomic E-state index is 4.44. The smallest absolute Gasteiger partial charge is 0.191 e. The van der Waals surface area contributed by atoms with Gasteiger partial charge in [0.25, 0.3) is 0 Å². The van der Waals surface area contributed by atoms with Gasteiger partial charge in [-0.1, -0.05) is 43.7 Å². The van der Waals surface area contributed by atoms with Crippen molar-refractivity contribution in [3.05, 3.63) is 35.9 Å². The number of aliphatic imine (C=N–C) groups is 1. The summed E-state index contributed by atoms with van der Waals surface area (Å²) in [5, 5.41) is 7.25. The zero-order chi connectivity index (χ0) is 16.8. The molecule has 1 aliphatic heterocycles. The first-order valence-electron chi connectivity index (χ1n) is 9.57. The van der Waals surface area contributed by atoms with E-state index in [9.17, 15) is 0 Å². The molecule has 0 radical (unpaired) electrons. The van der Waals surface area contributed by atoms with Crippen LogP contribution in [-0.4, -0.2) is 49.6 Å². The molecule has 2 aliphatic rings. The van der Waals surface area contributed by atoms with Gasteiger partial charge >= 0.3 is 0 Å². The lowest BCUT2D eigenvalue weighted by atomic mass is 10.0. The monoisotopic (exact) mass is 328 g/mol. The van der Waals surface area contributed by atoms with Crippen LogP contribution in [0.4, 0.5) is 0 Å². The van der Waals surface area contributed by atoms with Crippen LogP contribution in [0.3, 0.4) is 0 Å². The highest BCUT2D eigenvalue weighted by atomic mass is 15.2. The van der Waals surface area contributed by atoms with Crippen LogP contribution >= 0.6 is 0 Å². The average molecular weight is 329 g/mol. The molecule has 1 aromatic rings. The second-order valence-electron chi connectivity index (χ2n) is 7.19. The molecule has 3 rings (SSSR count). The molecular formula is C20H32N4. The Bertz CT molecular complexity index is 520. The van der Waals surface area contributed by atoms with E-state index in [-0.39, 0.29) is 0 Å². The Labute approximate surface area is 146 Å². The van der Waals surface area contributed by atoms with E-state index < -0.39 is 0 Å². The molecule has 1 aliphatic carbocycles. The van der Waals surface area contributed by atoms with E-state index >= 15 is 0 Å². The first-order valence-corrected chi connectivity index (χ1v) is 9.57. The van der Waals surface area contributed by atoms with Crippen molar-refractivity contribution in [2.24, 2.45) is 4.99 Å². The van der Waals surface area contributed by atoms with Crippen LogP contribution < -0.4 is 10.6 Å². The van der Waals surface area contributed by atoms with Gasteiger partial charge in [0.15, 0.2) is 5.96 Å². The van der Waals surface area contributed by atoms with Crippen molar-refractivity contribution in [2.75, 3.05) is 26.7 Å². The van der Waals surface area contributed by atoms with E-state index in [4.69, 9.17) is 0 Å². The predicted molar refractivity (Wildman–Crippen MR) is 102 cm³/mol. The summed E-state index contributed by atoms with van der Waals surface area (Å²) in [6, 6.07) is 11.9. The third-order valence-electron chi connectivity index (χ3n) is 5.32. The second-order valence-corrected chi connectivity index (χ2v) is 7.19. The van der Waals surface area contributed by atoms with Gasteiger partial charge in [-0.05, 0) is 37.8 Å². The van der Waals surface area contributed by atoms with E-state index in [1.165, 1.54) is 57.3 Å². The third kappa shape index (κ3) is 4.73. The molecule has 132 valence electrons. The number of rotatable bonds is 6. The Kier molecular flexibility index (Phi) is 6.13. The van der Waals surface area contributed by atoms with Crippen molar-refractivity contribution in [1.82, 2.24) is 15.5 Å². The Balaban J connectivity index is 1.41. The number of likely N-dealkylation sites (tertiary alicyclic amines) is 1. The quantitative estimate of drug-likeness (QED) is 0.623. The molecule has 1 saturated carbocycles. The first kappa shape index (κ1) is 17.3. The summed E-state index contributed by atoms with van der Waals surface area (Å²) in [7, 11) is 1.88.